The molecule has 6 nitrogen and oxygen atoms in total. The summed E-state index contributed by atoms with van der Waals surface area (Å²) >= 11 is 0. The van der Waals surface area contributed by atoms with Gasteiger partial charge in [0.1, 0.15) is 17.7 Å². The van der Waals surface area contributed by atoms with Crippen LogP contribution in [0, 0.1) is 0 Å². The molecule has 1 saturated heterocycles. The predicted molar refractivity (Wildman–Crippen MR) is 106 cm³/mol. The summed E-state index contributed by atoms with van der Waals surface area (Å²) in [6, 6.07) is 7.89. The lowest BCUT2D eigenvalue weighted by molar-refractivity contribution is 0.0594. The van der Waals surface area contributed by atoms with E-state index >= 15 is 0 Å². The molecule has 0 spiro atoms. The SMILES string of the molecule is CCC[C@H](C)Nc1ccc(C(=O)N2CCC(Oc3cccnc3)CC2)cn1. The first-order valence-electron chi connectivity index (χ1n) is 9.74. The first-order chi connectivity index (χ1) is 13.2. The summed E-state index contributed by atoms with van der Waals surface area (Å²) in [4.78, 5) is 23.1. The van der Waals surface area contributed by atoms with Gasteiger partial charge in [-0.25, -0.2) is 4.98 Å². The third-order valence-corrected chi connectivity index (χ3v) is 4.79. The topological polar surface area (TPSA) is 67.4 Å². The second-order valence-corrected chi connectivity index (χ2v) is 7.06. The van der Waals surface area contributed by atoms with Crippen LogP contribution in [0.25, 0.3) is 0 Å². The largest absolute Gasteiger partial charge is 0.489 e. The summed E-state index contributed by atoms with van der Waals surface area (Å²) in [6.45, 7) is 5.69. The molecule has 1 aliphatic rings. The van der Waals surface area contributed by atoms with Crippen LogP contribution in [-0.2, 0) is 0 Å². The predicted octanol–water partition coefficient (Wildman–Crippen LogP) is 3.76. The average molecular weight is 368 g/mol. The molecule has 1 aliphatic heterocycles. The highest BCUT2D eigenvalue weighted by Crippen LogP contribution is 2.19. The number of ether oxygens (including phenoxy) is 1. The number of hydrogen-bond acceptors (Lipinski definition) is 5. The number of nitrogens with zero attached hydrogens (tertiary/aromatic N) is 3. The van der Waals surface area contributed by atoms with E-state index in [1.165, 1.54) is 0 Å². The molecule has 6 heteroatoms. The van der Waals surface area contributed by atoms with E-state index in [0.717, 1.165) is 37.3 Å². The molecule has 144 valence electrons. The summed E-state index contributed by atoms with van der Waals surface area (Å²) in [5.74, 6) is 1.64. The van der Waals surface area contributed by atoms with Crippen molar-refractivity contribution in [3.63, 3.8) is 0 Å². The second kappa shape index (κ2) is 9.35. The molecule has 1 fully saturated rings. The number of likely N-dealkylation sites (tertiary alicyclic amines) is 1. The zero-order valence-electron chi connectivity index (χ0n) is 16.1. The van der Waals surface area contributed by atoms with E-state index in [2.05, 4.69) is 29.1 Å². The van der Waals surface area contributed by atoms with Gasteiger partial charge in [-0.1, -0.05) is 13.3 Å². The van der Waals surface area contributed by atoms with Crippen molar-refractivity contribution in [1.82, 2.24) is 14.9 Å². The second-order valence-electron chi connectivity index (χ2n) is 7.06. The Bertz CT molecular complexity index is 713. The lowest BCUT2D eigenvalue weighted by Gasteiger charge is -2.32. The highest BCUT2D eigenvalue weighted by atomic mass is 16.5. The van der Waals surface area contributed by atoms with Gasteiger partial charge < -0.3 is 15.0 Å². The monoisotopic (exact) mass is 368 g/mol. The maximum Gasteiger partial charge on any atom is 0.255 e. The Balaban J connectivity index is 1.50. The fourth-order valence-electron chi connectivity index (χ4n) is 3.33. The van der Waals surface area contributed by atoms with Gasteiger partial charge in [-0.05, 0) is 37.6 Å². The Morgan fingerprint density at radius 1 is 1.30 bits per heavy atom. The van der Waals surface area contributed by atoms with Crippen LogP contribution in [-0.4, -0.2) is 46.0 Å². The number of amides is 1. The molecule has 0 saturated carbocycles. The molecule has 2 aromatic heterocycles. The van der Waals surface area contributed by atoms with Crippen molar-refractivity contribution in [2.75, 3.05) is 18.4 Å². The fourth-order valence-corrected chi connectivity index (χ4v) is 3.33. The zero-order chi connectivity index (χ0) is 19.1. The van der Waals surface area contributed by atoms with Crippen LogP contribution in [0.3, 0.4) is 0 Å². The molecule has 0 unspecified atom stereocenters. The number of piperidine rings is 1. The van der Waals surface area contributed by atoms with Crippen LogP contribution in [0.4, 0.5) is 5.82 Å². The number of hydrogen-bond donors (Lipinski definition) is 1. The highest BCUT2D eigenvalue weighted by Gasteiger charge is 2.25. The third kappa shape index (κ3) is 5.42. The number of carbonyl (C=O) groups is 1. The van der Waals surface area contributed by atoms with E-state index in [-0.39, 0.29) is 12.0 Å². The molecule has 3 heterocycles. The highest BCUT2D eigenvalue weighted by molar-refractivity contribution is 5.94. The minimum Gasteiger partial charge on any atom is -0.489 e. The van der Waals surface area contributed by atoms with Crippen molar-refractivity contribution in [2.24, 2.45) is 0 Å². The fraction of sp³-hybridized carbons (Fsp3) is 0.476. The average Bonchev–Trinajstić information content (AvgIpc) is 2.70. The standard InChI is InChI=1S/C21H28N4O2/c1-3-5-16(2)24-20-8-7-17(14-23-20)21(26)25-12-9-18(10-13-25)27-19-6-4-11-22-15-19/h4,6-8,11,14-16,18H,3,5,9-10,12-13H2,1-2H3,(H,23,24)/t16-/m0/s1. The Kier molecular flexibility index (Phi) is 6.63. The number of aromatic nitrogens is 2. The van der Waals surface area contributed by atoms with Gasteiger partial charge in [0.05, 0.1) is 11.8 Å². The van der Waals surface area contributed by atoms with E-state index in [4.69, 9.17) is 4.74 Å². The number of nitrogens with one attached hydrogen (secondary N) is 1. The Hall–Kier alpha value is -2.63. The maximum absolute atomic E-state index is 12.7. The molecule has 3 rings (SSSR count). The van der Waals surface area contributed by atoms with Gasteiger partial charge in [0.15, 0.2) is 0 Å². The summed E-state index contributed by atoms with van der Waals surface area (Å²) in [5.41, 5.74) is 0.635. The van der Waals surface area contributed by atoms with Gasteiger partial charge in [-0.2, -0.15) is 0 Å². The quantitative estimate of drug-likeness (QED) is 0.806. The number of anilines is 1. The van der Waals surface area contributed by atoms with E-state index in [0.29, 0.717) is 24.7 Å². The molecular weight excluding hydrogens is 340 g/mol. The normalized spacial score (nSPS) is 16.0. The number of rotatable bonds is 7. The molecule has 2 aromatic rings. The van der Waals surface area contributed by atoms with Crippen molar-refractivity contribution in [1.29, 1.82) is 0 Å². The van der Waals surface area contributed by atoms with E-state index in [1.54, 1.807) is 18.6 Å². The summed E-state index contributed by atoms with van der Waals surface area (Å²) < 4.78 is 5.94. The summed E-state index contributed by atoms with van der Waals surface area (Å²) in [5, 5.41) is 3.36. The summed E-state index contributed by atoms with van der Waals surface area (Å²) in [6.07, 6.45) is 9.12. The first-order valence-corrected chi connectivity index (χ1v) is 9.74. The first kappa shape index (κ1) is 19.1. The van der Waals surface area contributed by atoms with E-state index in [1.807, 2.05) is 29.2 Å². The molecule has 1 atom stereocenters. The van der Waals surface area contributed by atoms with Crippen molar-refractivity contribution >= 4 is 11.7 Å². The Labute approximate surface area is 161 Å². The van der Waals surface area contributed by atoms with Gasteiger partial charge in [-0.3, -0.25) is 9.78 Å². The Morgan fingerprint density at radius 3 is 2.74 bits per heavy atom. The lowest BCUT2D eigenvalue weighted by atomic mass is 10.1. The third-order valence-electron chi connectivity index (χ3n) is 4.79. The van der Waals surface area contributed by atoms with Crippen LogP contribution in [0.1, 0.15) is 49.9 Å². The van der Waals surface area contributed by atoms with Crippen LogP contribution < -0.4 is 10.1 Å². The van der Waals surface area contributed by atoms with Crippen molar-refractivity contribution in [2.45, 2.75) is 51.7 Å². The van der Waals surface area contributed by atoms with Crippen LogP contribution in [0.15, 0.2) is 42.9 Å². The lowest BCUT2D eigenvalue weighted by Crippen LogP contribution is -2.41. The molecule has 0 bridgehead atoms. The number of pyridine rings is 2. The minimum atomic E-state index is 0.0375. The Morgan fingerprint density at radius 2 is 2.11 bits per heavy atom. The molecule has 1 N–H and O–H groups in total. The van der Waals surface area contributed by atoms with Gasteiger partial charge in [0, 0.05) is 44.4 Å². The summed E-state index contributed by atoms with van der Waals surface area (Å²) in [7, 11) is 0. The smallest absolute Gasteiger partial charge is 0.255 e. The molecule has 0 radical (unpaired) electrons. The van der Waals surface area contributed by atoms with Gasteiger partial charge in [0.2, 0.25) is 0 Å². The minimum absolute atomic E-state index is 0.0375. The van der Waals surface area contributed by atoms with Crippen LogP contribution >= 0.6 is 0 Å². The molecule has 0 aliphatic carbocycles. The number of carbonyl (C=O) groups excluding carboxylic acids is 1. The van der Waals surface area contributed by atoms with Crippen molar-refractivity contribution in [3.8, 4) is 5.75 Å². The maximum atomic E-state index is 12.7. The van der Waals surface area contributed by atoms with Gasteiger partial charge >= 0.3 is 0 Å². The zero-order valence-corrected chi connectivity index (χ0v) is 16.1. The molecule has 1 amide bonds. The van der Waals surface area contributed by atoms with Crippen LogP contribution in [0.5, 0.6) is 5.75 Å². The van der Waals surface area contributed by atoms with E-state index in [9.17, 15) is 4.79 Å². The van der Waals surface area contributed by atoms with Crippen molar-refractivity contribution in [3.05, 3.63) is 48.4 Å². The van der Waals surface area contributed by atoms with Gasteiger partial charge in [-0.15, -0.1) is 0 Å². The molecule has 27 heavy (non-hydrogen) atoms. The van der Waals surface area contributed by atoms with Crippen molar-refractivity contribution < 1.29 is 9.53 Å². The van der Waals surface area contributed by atoms with Gasteiger partial charge in [0.25, 0.3) is 5.91 Å². The van der Waals surface area contributed by atoms with E-state index < -0.39 is 0 Å². The molecular formula is C21H28N4O2. The molecule has 0 aromatic carbocycles. The van der Waals surface area contributed by atoms with Crippen LogP contribution in [0.2, 0.25) is 0 Å².